The van der Waals surface area contributed by atoms with Gasteiger partial charge in [-0.05, 0) is 50.0 Å². The molecule has 1 aliphatic rings. The van der Waals surface area contributed by atoms with Crippen LogP contribution in [0, 0.1) is 5.92 Å². The molecule has 0 heterocycles. The largest absolute Gasteiger partial charge is 0.300 e. The third kappa shape index (κ3) is 9.58. The summed E-state index contributed by atoms with van der Waals surface area (Å²) in [5.74, 6) is 1.44. The van der Waals surface area contributed by atoms with Crippen LogP contribution in [-0.4, -0.2) is 11.6 Å². The zero-order valence-electron chi connectivity index (χ0n) is 19.6. The summed E-state index contributed by atoms with van der Waals surface area (Å²) in [4.78, 5) is 23.1. The lowest BCUT2D eigenvalue weighted by atomic mass is 9.77. The molecule has 0 aliphatic heterocycles. The Labute approximate surface area is 185 Å². The van der Waals surface area contributed by atoms with Gasteiger partial charge >= 0.3 is 0 Å². The first-order chi connectivity index (χ1) is 14.6. The summed E-state index contributed by atoms with van der Waals surface area (Å²) in [6.45, 7) is 3.76. The minimum atomic E-state index is -0.0650. The molecule has 30 heavy (non-hydrogen) atoms. The molecule has 1 aromatic rings. The summed E-state index contributed by atoms with van der Waals surface area (Å²) in [6.07, 6.45) is 20.9. The van der Waals surface area contributed by atoms with Crippen molar-refractivity contribution in [2.45, 2.75) is 122 Å². The summed E-state index contributed by atoms with van der Waals surface area (Å²) in [7, 11) is 0. The molecule has 0 spiro atoms. The van der Waals surface area contributed by atoms with Gasteiger partial charge in [-0.2, -0.15) is 0 Å². The van der Waals surface area contributed by atoms with Crippen LogP contribution in [0.3, 0.4) is 0 Å². The molecule has 0 atom stereocenters. The highest BCUT2D eigenvalue weighted by Crippen LogP contribution is 2.37. The molecule has 0 bridgehead atoms. The summed E-state index contributed by atoms with van der Waals surface area (Å²) >= 11 is 0. The summed E-state index contributed by atoms with van der Waals surface area (Å²) in [5, 5.41) is 0. The number of carbonyl (C=O) groups is 2. The van der Waals surface area contributed by atoms with E-state index in [0.29, 0.717) is 11.5 Å². The first-order valence-electron chi connectivity index (χ1n) is 12.7. The zero-order valence-corrected chi connectivity index (χ0v) is 19.6. The number of hydrogen-bond acceptors (Lipinski definition) is 2. The second-order valence-electron chi connectivity index (χ2n) is 9.61. The van der Waals surface area contributed by atoms with Gasteiger partial charge in [-0.25, -0.2) is 0 Å². The predicted octanol–water partition coefficient (Wildman–Crippen LogP) is 8.43. The van der Waals surface area contributed by atoms with Crippen molar-refractivity contribution in [3.05, 3.63) is 35.4 Å². The third-order valence-electron chi connectivity index (χ3n) is 6.93. The van der Waals surface area contributed by atoms with Crippen molar-refractivity contribution in [1.29, 1.82) is 0 Å². The van der Waals surface area contributed by atoms with Crippen LogP contribution in [0.1, 0.15) is 138 Å². The predicted molar refractivity (Wildman–Crippen MR) is 127 cm³/mol. The fourth-order valence-corrected chi connectivity index (χ4v) is 4.97. The molecule has 2 nitrogen and oxygen atoms in total. The van der Waals surface area contributed by atoms with Crippen LogP contribution in [-0.2, 0) is 4.79 Å². The highest BCUT2D eigenvalue weighted by molar-refractivity contribution is 6.07. The second kappa shape index (κ2) is 14.5. The van der Waals surface area contributed by atoms with Crippen LogP contribution < -0.4 is 0 Å². The van der Waals surface area contributed by atoms with Crippen molar-refractivity contribution < 1.29 is 9.59 Å². The van der Waals surface area contributed by atoms with Crippen molar-refractivity contribution in [3.8, 4) is 0 Å². The van der Waals surface area contributed by atoms with Gasteiger partial charge in [0.15, 0.2) is 5.78 Å². The smallest absolute Gasteiger partial charge is 0.170 e. The van der Waals surface area contributed by atoms with E-state index in [1.807, 2.05) is 12.1 Å². The van der Waals surface area contributed by atoms with Crippen molar-refractivity contribution in [2.24, 2.45) is 5.92 Å². The third-order valence-corrected chi connectivity index (χ3v) is 6.93. The molecule has 2 rings (SSSR count). The summed E-state index contributed by atoms with van der Waals surface area (Å²) in [6, 6.07) is 8.05. The minimum Gasteiger partial charge on any atom is -0.300 e. The molecule has 0 aromatic heterocycles. The number of benzene rings is 1. The second-order valence-corrected chi connectivity index (χ2v) is 9.61. The molecular formula is C28H44O2. The lowest BCUT2D eigenvalue weighted by molar-refractivity contribution is -0.116. The fourth-order valence-electron chi connectivity index (χ4n) is 4.97. The van der Waals surface area contributed by atoms with Gasteiger partial charge in [0.05, 0.1) is 6.42 Å². The van der Waals surface area contributed by atoms with E-state index < -0.39 is 0 Å². The van der Waals surface area contributed by atoms with Gasteiger partial charge in [0.1, 0.15) is 5.78 Å². The zero-order chi connectivity index (χ0) is 21.6. The molecule has 1 fully saturated rings. The highest BCUT2D eigenvalue weighted by atomic mass is 16.1. The van der Waals surface area contributed by atoms with Gasteiger partial charge in [0.2, 0.25) is 0 Å². The molecule has 0 N–H and O–H groups in total. The first-order valence-corrected chi connectivity index (χ1v) is 12.7. The van der Waals surface area contributed by atoms with Crippen molar-refractivity contribution in [1.82, 2.24) is 0 Å². The lowest BCUT2D eigenvalue weighted by Crippen LogP contribution is -2.13. The number of ketones is 2. The molecule has 0 radical (unpaired) electrons. The van der Waals surface area contributed by atoms with E-state index in [-0.39, 0.29) is 18.0 Å². The van der Waals surface area contributed by atoms with Crippen LogP contribution in [0.4, 0.5) is 0 Å². The van der Waals surface area contributed by atoms with Gasteiger partial charge in [-0.15, -0.1) is 0 Å². The van der Waals surface area contributed by atoms with E-state index in [0.717, 1.165) is 5.92 Å². The molecule has 0 amide bonds. The molecule has 2 heteroatoms. The fraction of sp³-hybridized carbons (Fsp3) is 0.714. The topological polar surface area (TPSA) is 34.1 Å². The number of unbranched alkanes of at least 4 members (excludes halogenated alkanes) is 9. The van der Waals surface area contributed by atoms with E-state index in [2.05, 4.69) is 19.1 Å². The Balaban J connectivity index is 1.56. The van der Waals surface area contributed by atoms with Gasteiger partial charge in [-0.1, -0.05) is 102 Å². The lowest BCUT2D eigenvalue weighted by Gasteiger charge is -2.29. The molecule has 0 saturated heterocycles. The molecule has 1 saturated carbocycles. The van der Waals surface area contributed by atoms with Crippen LogP contribution in [0.5, 0.6) is 0 Å². The van der Waals surface area contributed by atoms with Crippen LogP contribution in [0.15, 0.2) is 24.3 Å². The Bertz CT molecular complexity index is 608. The van der Waals surface area contributed by atoms with E-state index in [4.69, 9.17) is 0 Å². The average molecular weight is 413 g/mol. The molecule has 1 aromatic carbocycles. The number of carbonyl (C=O) groups excluding carboxylic acids is 2. The minimum absolute atomic E-state index is 0.0173. The van der Waals surface area contributed by atoms with Crippen molar-refractivity contribution in [2.75, 3.05) is 0 Å². The number of Topliss-reactive ketones (excluding diaryl/α,β-unsaturated/α-hetero) is 2. The maximum atomic E-state index is 12.0. The Morgan fingerprint density at radius 1 is 0.767 bits per heavy atom. The normalized spacial score (nSPS) is 19.0. The maximum absolute atomic E-state index is 12.0. The number of hydrogen-bond donors (Lipinski definition) is 0. The van der Waals surface area contributed by atoms with Gasteiger partial charge < -0.3 is 0 Å². The average Bonchev–Trinajstić information content (AvgIpc) is 2.75. The summed E-state index contributed by atoms with van der Waals surface area (Å²) < 4.78 is 0. The van der Waals surface area contributed by atoms with Crippen LogP contribution in [0.25, 0.3) is 0 Å². The quantitative estimate of drug-likeness (QED) is 0.164. The first kappa shape index (κ1) is 24.8. The number of rotatable bonds is 15. The SMILES string of the molecule is CCCCCCCCCCCCC1CCC(c2ccc(C(=O)CC(C)=O)cc2)CC1. The van der Waals surface area contributed by atoms with Gasteiger partial charge in [-0.3, -0.25) is 9.59 Å². The highest BCUT2D eigenvalue weighted by Gasteiger charge is 2.22. The van der Waals surface area contributed by atoms with E-state index in [1.54, 1.807) is 0 Å². The van der Waals surface area contributed by atoms with Crippen molar-refractivity contribution >= 4 is 11.6 Å². The van der Waals surface area contributed by atoms with Gasteiger partial charge in [0, 0.05) is 5.56 Å². The van der Waals surface area contributed by atoms with Crippen LogP contribution in [0.2, 0.25) is 0 Å². The van der Waals surface area contributed by atoms with Crippen molar-refractivity contribution in [3.63, 3.8) is 0 Å². The molecule has 1 aliphatic carbocycles. The molecular weight excluding hydrogens is 368 g/mol. The maximum Gasteiger partial charge on any atom is 0.170 e. The monoisotopic (exact) mass is 412 g/mol. The van der Waals surface area contributed by atoms with E-state index in [9.17, 15) is 9.59 Å². The standard InChI is InChI=1S/C28H44O2/c1-3-4-5-6-7-8-9-10-11-12-13-24-14-16-25(17-15-24)26-18-20-27(21-19-26)28(30)22-23(2)29/h18-21,24-25H,3-17,22H2,1-2H3. The molecule has 0 unspecified atom stereocenters. The van der Waals surface area contributed by atoms with Gasteiger partial charge in [0.25, 0.3) is 0 Å². The summed E-state index contributed by atoms with van der Waals surface area (Å²) in [5.41, 5.74) is 2.04. The van der Waals surface area contributed by atoms with E-state index >= 15 is 0 Å². The molecule has 168 valence electrons. The Hall–Kier alpha value is -1.44. The Kier molecular flexibility index (Phi) is 12.0. The Morgan fingerprint density at radius 3 is 1.83 bits per heavy atom. The Morgan fingerprint density at radius 2 is 1.30 bits per heavy atom. The van der Waals surface area contributed by atoms with E-state index in [1.165, 1.54) is 109 Å². The van der Waals surface area contributed by atoms with Crippen LogP contribution >= 0.6 is 0 Å².